The maximum absolute atomic E-state index is 12.7. The number of nitrogens with zero attached hydrogens (tertiary/aromatic N) is 4. The fourth-order valence-electron chi connectivity index (χ4n) is 2.97. The lowest BCUT2D eigenvalue weighted by molar-refractivity contribution is -0.142. The van der Waals surface area contributed by atoms with Crippen LogP contribution in [0.3, 0.4) is 0 Å². The normalized spacial score (nSPS) is 18.6. The quantitative estimate of drug-likeness (QED) is 0.857. The molecule has 0 saturated carbocycles. The first-order valence-corrected chi connectivity index (χ1v) is 8.15. The maximum Gasteiger partial charge on any atom is 0.290 e. The molecule has 2 amide bonds. The molecule has 1 aromatic carbocycles. The number of piperazine rings is 1. The number of rotatable bonds is 5. The Morgan fingerprint density at radius 2 is 2.16 bits per heavy atom. The van der Waals surface area contributed by atoms with Crippen LogP contribution in [0.1, 0.15) is 34.6 Å². The number of amides is 2. The van der Waals surface area contributed by atoms with Crippen LogP contribution < -0.4 is 5.73 Å². The summed E-state index contributed by atoms with van der Waals surface area (Å²) in [6.07, 6.45) is 0. The van der Waals surface area contributed by atoms with E-state index in [2.05, 4.69) is 16.2 Å². The number of nitrogens with two attached hydrogens (primary N) is 1. The smallest absolute Gasteiger partial charge is 0.290 e. The van der Waals surface area contributed by atoms with Crippen molar-refractivity contribution < 1.29 is 14.1 Å². The zero-order chi connectivity index (χ0) is 18.0. The second-order valence-electron chi connectivity index (χ2n) is 6.27. The average Bonchev–Trinajstić information content (AvgIpc) is 3.04. The van der Waals surface area contributed by atoms with Gasteiger partial charge in [-0.25, -0.2) is 0 Å². The van der Waals surface area contributed by atoms with Crippen molar-refractivity contribution in [2.24, 2.45) is 5.73 Å². The molecule has 2 heterocycles. The zero-order valence-electron chi connectivity index (χ0n) is 14.3. The molecular weight excluding hydrogens is 322 g/mol. The van der Waals surface area contributed by atoms with Gasteiger partial charge in [0, 0.05) is 19.6 Å². The van der Waals surface area contributed by atoms with E-state index in [1.165, 1.54) is 5.56 Å². The number of benzene rings is 1. The first-order chi connectivity index (χ1) is 11.9. The second kappa shape index (κ2) is 7.02. The molecule has 1 saturated heterocycles. The molecule has 25 heavy (non-hydrogen) atoms. The van der Waals surface area contributed by atoms with Crippen LogP contribution in [0, 0.1) is 6.92 Å². The molecule has 0 spiro atoms. The van der Waals surface area contributed by atoms with Gasteiger partial charge in [-0.3, -0.25) is 14.5 Å². The predicted octanol–water partition coefficient (Wildman–Crippen LogP) is 0.710. The summed E-state index contributed by atoms with van der Waals surface area (Å²) in [5.74, 6) is -0.544. The van der Waals surface area contributed by atoms with Gasteiger partial charge in [-0.15, -0.1) is 0 Å². The van der Waals surface area contributed by atoms with Crippen LogP contribution in [0.25, 0.3) is 0 Å². The number of hydrogen-bond acceptors (Lipinski definition) is 6. The van der Waals surface area contributed by atoms with Crippen molar-refractivity contribution in [3.05, 3.63) is 47.1 Å². The molecule has 0 aliphatic carbocycles. The number of primary amides is 1. The Balaban J connectivity index is 1.63. The molecule has 1 aromatic heterocycles. The first kappa shape index (κ1) is 17.1. The highest BCUT2D eigenvalue weighted by Gasteiger charge is 2.32. The van der Waals surface area contributed by atoms with Gasteiger partial charge < -0.3 is 15.2 Å². The van der Waals surface area contributed by atoms with Crippen molar-refractivity contribution in [1.82, 2.24) is 19.9 Å². The highest BCUT2D eigenvalue weighted by Crippen LogP contribution is 2.17. The van der Waals surface area contributed by atoms with Crippen molar-refractivity contribution in [3.63, 3.8) is 0 Å². The Hall–Kier alpha value is -2.74. The van der Waals surface area contributed by atoms with Crippen molar-refractivity contribution in [2.75, 3.05) is 13.1 Å². The largest absolute Gasteiger partial charge is 0.363 e. The lowest BCUT2D eigenvalue weighted by Crippen LogP contribution is -2.54. The fourth-order valence-corrected chi connectivity index (χ4v) is 2.97. The molecule has 3 rings (SSSR count). The van der Waals surface area contributed by atoms with E-state index in [1.807, 2.05) is 41.8 Å². The van der Waals surface area contributed by atoms with Gasteiger partial charge in [0.05, 0.1) is 12.6 Å². The summed E-state index contributed by atoms with van der Waals surface area (Å²) in [6, 6.07) is 7.86. The summed E-state index contributed by atoms with van der Waals surface area (Å²) in [4.78, 5) is 31.5. The van der Waals surface area contributed by atoms with E-state index in [-0.39, 0.29) is 23.7 Å². The standard InChI is InChI=1S/C17H21N5O3/c1-11-4-3-5-13(8-11)9-22-7-6-21(12(2)17(22)24)10-14-19-16(15(18)23)20-25-14/h3-5,8,12H,6-7,9-10H2,1-2H3,(H2,18,23). The molecule has 0 bridgehead atoms. The molecule has 1 fully saturated rings. The van der Waals surface area contributed by atoms with Crippen LogP contribution in [0.15, 0.2) is 28.8 Å². The van der Waals surface area contributed by atoms with Crippen LogP contribution in [0.4, 0.5) is 0 Å². The lowest BCUT2D eigenvalue weighted by atomic mass is 10.1. The van der Waals surface area contributed by atoms with Crippen molar-refractivity contribution in [1.29, 1.82) is 0 Å². The summed E-state index contributed by atoms with van der Waals surface area (Å²) in [6.45, 7) is 6.12. The van der Waals surface area contributed by atoms with E-state index in [0.717, 1.165) is 5.56 Å². The van der Waals surface area contributed by atoms with Gasteiger partial charge in [0.25, 0.3) is 11.7 Å². The molecule has 2 N–H and O–H groups in total. The average molecular weight is 343 g/mol. The van der Waals surface area contributed by atoms with Gasteiger partial charge in [0.15, 0.2) is 0 Å². The minimum absolute atomic E-state index is 0.0578. The SMILES string of the molecule is Cc1cccc(CN2CCN(Cc3nc(C(N)=O)no3)C(C)C2=O)c1. The minimum atomic E-state index is -0.734. The summed E-state index contributed by atoms with van der Waals surface area (Å²) in [5, 5.41) is 3.52. The van der Waals surface area contributed by atoms with Gasteiger partial charge in [0.1, 0.15) is 0 Å². The minimum Gasteiger partial charge on any atom is -0.363 e. The van der Waals surface area contributed by atoms with Crippen LogP contribution in [0.2, 0.25) is 0 Å². The molecule has 1 aliphatic heterocycles. The Morgan fingerprint density at radius 1 is 1.36 bits per heavy atom. The number of carbonyl (C=O) groups is 2. The van der Waals surface area contributed by atoms with E-state index in [9.17, 15) is 9.59 Å². The van der Waals surface area contributed by atoms with Crippen molar-refractivity contribution >= 4 is 11.8 Å². The van der Waals surface area contributed by atoms with Gasteiger partial charge in [-0.05, 0) is 19.4 Å². The molecule has 8 nitrogen and oxygen atoms in total. The first-order valence-electron chi connectivity index (χ1n) is 8.15. The van der Waals surface area contributed by atoms with E-state index in [0.29, 0.717) is 26.2 Å². The third-order valence-electron chi connectivity index (χ3n) is 4.36. The molecule has 1 unspecified atom stereocenters. The maximum atomic E-state index is 12.7. The predicted molar refractivity (Wildman–Crippen MR) is 89.3 cm³/mol. The van der Waals surface area contributed by atoms with Crippen LogP contribution in [-0.2, 0) is 17.9 Å². The molecule has 132 valence electrons. The molecule has 1 atom stereocenters. The summed E-state index contributed by atoms with van der Waals surface area (Å²) in [5.41, 5.74) is 7.41. The fraction of sp³-hybridized carbons (Fsp3) is 0.412. The second-order valence-corrected chi connectivity index (χ2v) is 6.27. The number of hydrogen-bond donors (Lipinski definition) is 1. The number of carbonyl (C=O) groups excluding carboxylic acids is 2. The molecule has 2 aromatic rings. The number of aromatic nitrogens is 2. The summed E-state index contributed by atoms with van der Waals surface area (Å²) >= 11 is 0. The Labute approximate surface area is 145 Å². The third kappa shape index (κ3) is 3.85. The molecule has 8 heteroatoms. The van der Waals surface area contributed by atoms with Crippen LogP contribution in [0.5, 0.6) is 0 Å². The zero-order valence-corrected chi connectivity index (χ0v) is 14.3. The lowest BCUT2D eigenvalue weighted by Gasteiger charge is -2.38. The Kier molecular flexibility index (Phi) is 4.80. The molecule has 0 radical (unpaired) electrons. The monoisotopic (exact) mass is 343 g/mol. The van der Waals surface area contributed by atoms with Crippen LogP contribution in [-0.4, -0.2) is 50.9 Å². The van der Waals surface area contributed by atoms with E-state index < -0.39 is 5.91 Å². The van der Waals surface area contributed by atoms with Crippen molar-refractivity contribution in [3.8, 4) is 0 Å². The Morgan fingerprint density at radius 3 is 2.84 bits per heavy atom. The third-order valence-corrected chi connectivity index (χ3v) is 4.36. The van der Waals surface area contributed by atoms with Gasteiger partial charge in [-0.2, -0.15) is 4.98 Å². The molecule has 1 aliphatic rings. The van der Waals surface area contributed by atoms with E-state index in [1.54, 1.807) is 0 Å². The van der Waals surface area contributed by atoms with Gasteiger partial charge in [-0.1, -0.05) is 35.0 Å². The van der Waals surface area contributed by atoms with Gasteiger partial charge >= 0.3 is 0 Å². The summed E-state index contributed by atoms with van der Waals surface area (Å²) < 4.78 is 5.02. The topological polar surface area (TPSA) is 106 Å². The highest BCUT2D eigenvalue weighted by atomic mass is 16.5. The van der Waals surface area contributed by atoms with E-state index in [4.69, 9.17) is 10.3 Å². The van der Waals surface area contributed by atoms with Gasteiger partial charge in [0.2, 0.25) is 11.8 Å². The summed E-state index contributed by atoms with van der Waals surface area (Å²) in [7, 11) is 0. The highest BCUT2D eigenvalue weighted by molar-refractivity contribution is 5.88. The van der Waals surface area contributed by atoms with Crippen LogP contribution >= 0.6 is 0 Å². The van der Waals surface area contributed by atoms with Crippen molar-refractivity contribution in [2.45, 2.75) is 33.0 Å². The number of aryl methyl sites for hydroxylation is 1. The van der Waals surface area contributed by atoms with E-state index >= 15 is 0 Å². The Bertz CT molecular complexity index is 788. The molecular formula is C17H21N5O3.